The first-order valence-corrected chi connectivity index (χ1v) is 5.97. The summed E-state index contributed by atoms with van der Waals surface area (Å²) in [6.45, 7) is 4.04. The van der Waals surface area contributed by atoms with Gasteiger partial charge in [-0.25, -0.2) is 14.8 Å². The summed E-state index contributed by atoms with van der Waals surface area (Å²) in [7, 11) is 0. The van der Waals surface area contributed by atoms with Gasteiger partial charge in [-0.2, -0.15) is 0 Å². The van der Waals surface area contributed by atoms with Crippen molar-refractivity contribution in [3.8, 4) is 0 Å². The molecule has 94 valence electrons. The van der Waals surface area contributed by atoms with E-state index in [1.165, 1.54) is 6.33 Å². The lowest BCUT2D eigenvalue weighted by molar-refractivity contribution is -0.138. The second kappa shape index (κ2) is 6.83. The number of nitrogens with one attached hydrogen (secondary N) is 1. The molecule has 0 bridgehead atoms. The molecular formula is C12H19N3O2. The van der Waals surface area contributed by atoms with Crippen molar-refractivity contribution in [1.29, 1.82) is 0 Å². The highest BCUT2D eigenvalue weighted by atomic mass is 16.4. The zero-order valence-corrected chi connectivity index (χ0v) is 10.3. The smallest absolute Gasteiger partial charge is 0.326 e. The minimum absolute atomic E-state index is 0.574. The summed E-state index contributed by atoms with van der Waals surface area (Å²) in [5, 5.41) is 12.0. The molecule has 1 unspecified atom stereocenters. The Balaban J connectivity index is 2.67. The summed E-state index contributed by atoms with van der Waals surface area (Å²) < 4.78 is 0. The van der Waals surface area contributed by atoms with Crippen LogP contribution in [0.1, 0.15) is 38.8 Å². The first-order valence-electron chi connectivity index (χ1n) is 5.97. The maximum absolute atomic E-state index is 11.1. The Morgan fingerprint density at radius 3 is 2.82 bits per heavy atom. The van der Waals surface area contributed by atoms with E-state index in [0.29, 0.717) is 12.2 Å². The van der Waals surface area contributed by atoms with Crippen molar-refractivity contribution >= 4 is 11.8 Å². The number of rotatable bonds is 7. The highest BCUT2D eigenvalue weighted by molar-refractivity contribution is 5.76. The molecule has 0 aliphatic heterocycles. The van der Waals surface area contributed by atoms with E-state index >= 15 is 0 Å². The molecule has 17 heavy (non-hydrogen) atoms. The van der Waals surface area contributed by atoms with E-state index in [0.717, 1.165) is 25.0 Å². The molecule has 1 aromatic heterocycles. The number of aliphatic carboxylic acids is 1. The average molecular weight is 237 g/mol. The quantitative estimate of drug-likeness (QED) is 0.759. The molecule has 1 rings (SSSR count). The van der Waals surface area contributed by atoms with Crippen LogP contribution in [0.2, 0.25) is 0 Å². The molecule has 0 amide bonds. The minimum Gasteiger partial charge on any atom is -0.480 e. The Morgan fingerprint density at radius 1 is 1.47 bits per heavy atom. The molecular weight excluding hydrogens is 218 g/mol. The zero-order valence-electron chi connectivity index (χ0n) is 10.3. The molecule has 0 saturated heterocycles. The van der Waals surface area contributed by atoms with Crippen LogP contribution in [-0.4, -0.2) is 27.1 Å². The maximum Gasteiger partial charge on any atom is 0.326 e. The lowest BCUT2D eigenvalue weighted by Gasteiger charge is -2.14. The second-order valence-corrected chi connectivity index (χ2v) is 3.93. The molecule has 1 aromatic rings. The number of carboxylic acids is 1. The molecule has 2 N–H and O–H groups in total. The van der Waals surface area contributed by atoms with Crippen molar-refractivity contribution in [3.63, 3.8) is 0 Å². The van der Waals surface area contributed by atoms with Gasteiger partial charge in [-0.05, 0) is 12.8 Å². The first kappa shape index (κ1) is 13.4. The van der Waals surface area contributed by atoms with Gasteiger partial charge in [0.15, 0.2) is 0 Å². The van der Waals surface area contributed by atoms with E-state index in [-0.39, 0.29) is 0 Å². The van der Waals surface area contributed by atoms with Crippen molar-refractivity contribution in [1.82, 2.24) is 9.97 Å². The SMILES string of the molecule is CCCCC(Nc1cc(CC)ncn1)C(=O)O. The van der Waals surface area contributed by atoms with Crippen LogP contribution in [0.5, 0.6) is 0 Å². The van der Waals surface area contributed by atoms with Crippen LogP contribution in [0.4, 0.5) is 5.82 Å². The highest BCUT2D eigenvalue weighted by Gasteiger charge is 2.16. The summed E-state index contributed by atoms with van der Waals surface area (Å²) in [4.78, 5) is 19.2. The van der Waals surface area contributed by atoms with Crippen LogP contribution in [0.25, 0.3) is 0 Å². The summed E-state index contributed by atoms with van der Waals surface area (Å²) in [6.07, 6.45) is 4.74. The van der Waals surface area contributed by atoms with Crippen molar-refractivity contribution in [2.45, 2.75) is 45.6 Å². The number of carboxylic acid groups (broad SMARTS) is 1. The molecule has 0 fully saturated rings. The molecule has 0 spiro atoms. The molecule has 1 heterocycles. The van der Waals surface area contributed by atoms with Gasteiger partial charge in [-0.1, -0.05) is 26.7 Å². The van der Waals surface area contributed by atoms with Crippen molar-refractivity contribution < 1.29 is 9.90 Å². The predicted octanol–water partition coefficient (Wildman–Crippen LogP) is 2.09. The van der Waals surface area contributed by atoms with Gasteiger partial charge in [0.1, 0.15) is 18.2 Å². The van der Waals surface area contributed by atoms with E-state index in [4.69, 9.17) is 5.11 Å². The van der Waals surface area contributed by atoms with Crippen LogP contribution in [0, 0.1) is 0 Å². The molecule has 5 heteroatoms. The minimum atomic E-state index is -0.838. The Hall–Kier alpha value is -1.65. The molecule has 0 aromatic carbocycles. The monoisotopic (exact) mass is 237 g/mol. The number of nitrogens with zero attached hydrogens (tertiary/aromatic N) is 2. The van der Waals surface area contributed by atoms with Gasteiger partial charge in [-0.3, -0.25) is 0 Å². The van der Waals surface area contributed by atoms with Crippen molar-refractivity contribution in [2.75, 3.05) is 5.32 Å². The largest absolute Gasteiger partial charge is 0.480 e. The normalized spacial score (nSPS) is 12.1. The first-order chi connectivity index (χ1) is 8.17. The third-order valence-corrected chi connectivity index (χ3v) is 2.55. The number of unbranched alkanes of at least 4 members (excludes halogenated alkanes) is 1. The number of anilines is 1. The standard InChI is InChI=1S/C12H19N3O2/c1-3-5-6-10(12(16)17)15-11-7-9(4-2)13-8-14-11/h7-8,10H,3-6H2,1-2H3,(H,16,17)(H,13,14,15). The molecule has 0 aliphatic carbocycles. The van der Waals surface area contributed by atoms with Crippen LogP contribution < -0.4 is 5.32 Å². The summed E-state index contributed by atoms with van der Waals surface area (Å²) in [5.74, 6) is -0.254. The fourth-order valence-electron chi connectivity index (χ4n) is 1.51. The van der Waals surface area contributed by atoms with Gasteiger partial charge < -0.3 is 10.4 Å². The number of aromatic nitrogens is 2. The lowest BCUT2D eigenvalue weighted by atomic mass is 10.1. The van der Waals surface area contributed by atoms with E-state index < -0.39 is 12.0 Å². The Kier molecular flexibility index (Phi) is 5.39. The van der Waals surface area contributed by atoms with Gasteiger partial charge >= 0.3 is 5.97 Å². The third kappa shape index (κ3) is 4.38. The van der Waals surface area contributed by atoms with Crippen LogP contribution in [0.15, 0.2) is 12.4 Å². The number of carbonyl (C=O) groups is 1. The predicted molar refractivity (Wildman–Crippen MR) is 66.0 cm³/mol. The fourth-order valence-corrected chi connectivity index (χ4v) is 1.51. The average Bonchev–Trinajstić information content (AvgIpc) is 2.34. The van der Waals surface area contributed by atoms with E-state index in [2.05, 4.69) is 15.3 Å². The van der Waals surface area contributed by atoms with Gasteiger partial charge in [0.25, 0.3) is 0 Å². The lowest BCUT2D eigenvalue weighted by Crippen LogP contribution is -2.29. The zero-order chi connectivity index (χ0) is 12.7. The Labute approximate surface area is 101 Å². The van der Waals surface area contributed by atoms with E-state index in [1.54, 1.807) is 6.07 Å². The Morgan fingerprint density at radius 2 is 2.24 bits per heavy atom. The maximum atomic E-state index is 11.1. The summed E-state index contributed by atoms with van der Waals surface area (Å²) in [6, 6.07) is 1.22. The molecule has 0 radical (unpaired) electrons. The van der Waals surface area contributed by atoms with Gasteiger partial charge in [0, 0.05) is 11.8 Å². The summed E-state index contributed by atoms with van der Waals surface area (Å²) in [5.41, 5.74) is 0.905. The summed E-state index contributed by atoms with van der Waals surface area (Å²) >= 11 is 0. The highest BCUT2D eigenvalue weighted by Crippen LogP contribution is 2.10. The number of aryl methyl sites for hydroxylation is 1. The number of hydrogen-bond donors (Lipinski definition) is 2. The van der Waals surface area contributed by atoms with Gasteiger partial charge in [-0.15, -0.1) is 0 Å². The van der Waals surface area contributed by atoms with Crippen LogP contribution >= 0.6 is 0 Å². The van der Waals surface area contributed by atoms with E-state index in [1.807, 2.05) is 13.8 Å². The number of hydrogen-bond acceptors (Lipinski definition) is 4. The molecule has 5 nitrogen and oxygen atoms in total. The van der Waals surface area contributed by atoms with Crippen LogP contribution in [0.3, 0.4) is 0 Å². The Bertz CT molecular complexity index is 369. The third-order valence-electron chi connectivity index (χ3n) is 2.55. The second-order valence-electron chi connectivity index (χ2n) is 3.93. The van der Waals surface area contributed by atoms with Crippen LogP contribution in [-0.2, 0) is 11.2 Å². The topological polar surface area (TPSA) is 75.1 Å². The van der Waals surface area contributed by atoms with Gasteiger partial charge in [0.2, 0.25) is 0 Å². The van der Waals surface area contributed by atoms with Crippen molar-refractivity contribution in [2.24, 2.45) is 0 Å². The molecule has 0 saturated carbocycles. The molecule has 0 aliphatic rings. The fraction of sp³-hybridized carbons (Fsp3) is 0.583. The van der Waals surface area contributed by atoms with Crippen molar-refractivity contribution in [3.05, 3.63) is 18.1 Å². The molecule has 1 atom stereocenters. The van der Waals surface area contributed by atoms with Gasteiger partial charge in [0.05, 0.1) is 0 Å². The van der Waals surface area contributed by atoms with E-state index in [9.17, 15) is 4.79 Å².